The Morgan fingerprint density at radius 2 is 1.81 bits per heavy atom. The van der Waals surface area contributed by atoms with Gasteiger partial charge in [-0.3, -0.25) is 19.7 Å². The Hall–Kier alpha value is -1.92. The van der Waals surface area contributed by atoms with Gasteiger partial charge in [0.15, 0.2) is 6.10 Å². The summed E-state index contributed by atoms with van der Waals surface area (Å²) >= 11 is 0. The van der Waals surface area contributed by atoms with Crippen molar-refractivity contribution in [1.29, 1.82) is 0 Å². The molecule has 2 fully saturated rings. The Balaban J connectivity index is 1.90. The van der Waals surface area contributed by atoms with Gasteiger partial charge in [-0.15, -0.1) is 0 Å². The zero-order valence-electron chi connectivity index (χ0n) is 12.0. The van der Waals surface area contributed by atoms with Crippen LogP contribution in [-0.4, -0.2) is 29.8 Å². The molecule has 21 heavy (non-hydrogen) atoms. The second-order valence-corrected chi connectivity index (χ2v) is 5.83. The maximum atomic E-state index is 12.1. The number of urea groups is 1. The molecule has 2 aliphatic carbocycles. The van der Waals surface area contributed by atoms with Crippen molar-refractivity contribution < 1.29 is 23.9 Å². The van der Waals surface area contributed by atoms with Gasteiger partial charge >= 0.3 is 12.0 Å². The first-order valence-electron chi connectivity index (χ1n) is 7.23. The molecule has 3 amide bonds. The molecule has 0 aliphatic heterocycles. The Kier molecular flexibility index (Phi) is 4.59. The van der Waals surface area contributed by atoms with E-state index in [0.717, 1.165) is 19.3 Å². The summed E-state index contributed by atoms with van der Waals surface area (Å²) in [7, 11) is 0. The van der Waals surface area contributed by atoms with Crippen LogP contribution in [-0.2, 0) is 19.1 Å². The number of hydrogen-bond acceptors (Lipinski definition) is 5. The van der Waals surface area contributed by atoms with Gasteiger partial charge in [0.05, 0.1) is 5.92 Å². The van der Waals surface area contributed by atoms with Gasteiger partial charge in [-0.2, -0.15) is 0 Å². The number of primary amides is 1. The van der Waals surface area contributed by atoms with E-state index in [-0.39, 0.29) is 23.5 Å². The van der Waals surface area contributed by atoms with Gasteiger partial charge in [0.2, 0.25) is 0 Å². The van der Waals surface area contributed by atoms with Crippen LogP contribution in [0, 0.1) is 17.8 Å². The van der Waals surface area contributed by atoms with Crippen molar-refractivity contribution in [3.63, 3.8) is 0 Å². The zero-order chi connectivity index (χ0) is 15.6. The number of carbonyl (C=O) groups is 4. The summed E-state index contributed by atoms with van der Waals surface area (Å²) in [5.41, 5.74) is 4.83. The van der Waals surface area contributed by atoms with Gasteiger partial charge < -0.3 is 10.5 Å². The number of amides is 3. The van der Waals surface area contributed by atoms with Crippen LogP contribution in [0.2, 0.25) is 0 Å². The average Bonchev–Trinajstić information content (AvgIpc) is 2.37. The molecule has 0 aromatic heterocycles. The number of carbonyl (C=O) groups excluding carboxylic acids is 4. The van der Waals surface area contributed by atoms with E-state index in [0.29, 0.717) is 12.8 Å². The number of imide groups is 1. The van der Waals surface area contributed by atoms with Crippen molar-refractivity contribution in [2.75, 3.05) is 0 Å². The molecule has 0 spiro atoms. The lowest BCUT2D eigenvalue weighted by Gasteiger charge is -2.36. The Bertz CT molecular complexity index is 460. The minimum absolute atomic E-state index is 0.0511. The molecule has 3 N–H and O–H groups in total. The lowest BCUT2D eigenvalue weighted by molar-refractivity contribution is -0.162. The highest BCUT2D eigenvalue weighted by molar-refractivity contribution is 5.96. The van der Waals surface area contributed by atoms with Crippen LogP contribution in [0.5, 0.6) is 0 Å². The van der Waals surface area contributed by atoms with Gasteiger partial charge in [-0.1, -0.05) is 6.42 Å². The summed E-state index contributed by atoms with van der Waals surface area (Å²) in [6, 6.07) is -0.985. The van der Waals surface area contributed by atoms with E-state index in [4.69, 9.17) is 10.5 Å². The fraction of sp³-hybridized carbons (Fsp3) is 0.714. The predicted octanol–water partition coefficient (Wildman–Crippen LogP) is 0.508. The summed E-state index contributed by atoms with van der Waals surface area (Å²) in [5, 5.41) is 1.87. The first-order chi connectivity index (χ1) is 9.88. The fourth-order valence-corrected chi connectivity index (χ4v) is 3.22. The Morgan fingerprint density at radius 1 is 1.24 bits per heavy atom. The van der Waals surface area contributed by atoms with E-state index in [1.807, 2.05) is 5.32 Å². The monoisotopic (exact) mass is 296 g/mol. The number of nitrogens with two attached hydrogens (primary N) is 1. The highest BCUT2D eigenvalue weighted by atomic mass is 16.5. The van der Waals surface area contributed by atoms with Gasteiger partial charge in [0.25, 0.3) is 5.91 Å². The number of Topliss-reactive ketones (excluding diaryl/α,β-unsaturated/α-hetero) is 1. The molecule has 1 unspecified atom stereocenters. The van der Waals surface area contributed by atoms with Crippen LogP contribution in [0.3, 0.4) is 0 Å². The summed E-state index contributed by atoms with van der Waals surface area (Å²) in [6.07, 6.45) is 2.60. The molecule has 0 saturated heterocycles. The van der Waals surface area contributed by atoms with Crippen LogP contribution >= 0.6 is 0 Å². The number of fused-ring (bicyclic) bond motifs is 2. The number of nitrogens with one attached hydrogen (secondary N) is 1. The molecule has 0 aromatic carbocycles. The summed E-state index contributed by atoms with van der Waals surface area (Å²) in [4.78, 5) is 46.1. The average molecular weight is 296 g/mol. The summed E-state index contributed by atoms with van der Waals surface area (Å²) in [5.74, 6) is -1.41. The van der Waals surface area contributed by atoms with E-state index < -0.39 is 24.0 Å². The largest absolute Gasteiger partial charge is 0.452 e. The standard InChI is InChI=1S/C14H20N2O5/c1-7(12(18)16-14(15)20)21-13(19)10-5-8-3-2-4-9(6-10)11(8)17/h7-10H,2-6H2,1H3,(H3,15,16,18,20)/t7-,8-,9+,10?/m0/s1. The molecule has 116 valence electrons. The molecule has 0 heterocycles. The first kappa shape index (κ1) is 15.5. The molecule has 2 rings (SSSR count). The number of rotatable bonds is 3. The van der Waals surface area contributed by atoms with E-state index >= 15 is 0 Å². The van der Waals surface area contributed by atoms with Gasteiger partial charge in [0, 0.05) is 11.8 Å². The molecule has 7 heteroatoms. The lowest BCUT2D eigenvalue weighted by atomic mass is 9.67. The molecule has 7 nitrogen and oxygen atoms in total. The third-order valence-electron chi connectivity index (χ3n) is 4.29. The maximum absolute atomic E-state index is 12.1. The SMILES string of the molecule is C[C@H](OC(=O)C1C[C@H]2CCC[C@@H](C1)C2=O)C(=O)NC(N)=O. The number of ketones is 1. The van der Waals surface area contributed by atoms with E-state index in [9.17, 15) is 19.2 Å². The Labute approximate surface area is 122 Å². The fourth-order valence-electron chi connectivity index (χ4n) is 3.22. The van der Waals surface area contributed by atoms with Crippen LogP contribution in [0.15, 0.2) is 0 Å². The first-order valence-corrected chi connectivity index (χ1v) is 7.23. The van der Waals surface area contributed by atoms with Crippen LogP contribution in [0.4, 0.5) is 4.79 Å². The minimum atomic E-state index is -1.08. The lowest BCUT2D eigenvalue weighted by Crippen LogP contribution is -2.44. The molecule has 2 aliphatic rings. The number of esters is 1. The second-order valence-electron chi connectivity index (χ2n) is 5.83. The highest BCUT2D eigenvalue weighted by Gasteiger charge is 2.42. The third-order valence-corrected chi connectivity index (χ3v) is 4.29. The zero-order valence-corrected chi connectivity index (χ0v) is 12.0. The predicted molar refractivity (Wildman–Crippen MR) is 71.8 cm³/mol. The second kappa shape index (κ2) is 6.24. The van der Waals surface area contributed by atoms with E-state index in [1.54, 1.807) is 0 Å². The van der Waals surface area contributed by atoms with Gasteiger partial charge in [0.1, 0.15) is 5.78 Å². The molecular weight excluding hydrogens is 276 g/mol. The third kappa shape index (κ3) is 3.59. The molecular formula is C14H20N2O5. The number of ether oxygens (including phenoxy) is 1. The smallest absolute Gasteiger partial charge is 0.318 e. The molecule has 0 aromatic rings. The normalized spacial score (nSPS) is 29.4. The topological polar surface area (TPSA) is 116 Å². The van der Waals surface area contributed by atoms with Gasteiger partial charge in [-0.05, 0) is 32.6 Å². The summed E-state index contributed by atoms with van der Waals surface area (Å²) < 4.78 is 5.08. The minimum Gasteiger partial charge on any atom is -0.452 e. The molecule has 2 bridgehead atoms. The molecule has 4 atom stereocenters. The van der Waals surface area contributed by atoms with Crippen molar-refractivity contribution in [2.24, 2.45) is 23.5 Å². The van der Waals surface area contributed by atoms with Crippen LogP contribution in [0.25, 0.3) is 0 Å². The van der Waals surface area contributed by atoms with Crippen molar-refractivity contribution >= 4 is 23.7 Å². The van der Waals surface area contributed by atoms with Crippen LogP contribution < -0.4 is 11.1 Å². The molecule has 0 radical (unpaired) electrons. The highest BCUT2D eigenvalue weighted by Crippen LogP contribution is 2.40. The number of hydrogen-bond donors (Lipinski definition) is 2. The van der Waals surface area contributed by atoms with Gasteiger partial charge in [-0.25, -0.2) is 4.79 Å². The van der Waals surface area contributed by atoms with Crippen LogP contribution in [0.1, 0.15) is 39.0 Å². The van der Waals surface area contributed by atoms with E-state index in [1.165, 1.54) is 6.92 Å². The van der Waals surface area contributed by atoms with Crippen molar-refractivity contribution in [3.8, 4) is 0 Å². The van der Waals surface area contributed by atoms with Crippen molar-refractivity contribution in [2.45, 2.75) is 45.1 Å². The Morgan fingerprint density at radius 3 is 2.33 bits per heavy atom. The molecule has 2 saturated carbocycles. The summed E-state index contributed by atoms with van der Waals surface area (Å²) in [6.45, 7) is 1.38. The maximum Gasteiger partial charge on any atom is 0.318 e. The van der Waals surface area contributed by atoms with Crippen molar-refractivity contribution in [3.05, 3.63) is 0 Å². The van der Waals surface area contributed by atoms with E-state index in [2.05, 4.69) is 0 Å². The quantitative estimate of drug-likeness (QED) is 0.736. The van der Waals surface area contributed by atoms with Crippen molar-refractivity contribution in [1.82, 2.24) is 5.32 Å².